The third-order valence-corrected chi connectivity index (χ3v) is 3.27. The Bertz CT molecular complexity index is 422. The quantitative estimate of drug-likeness (QED) is 0.831. The zero-order valence-electron chi connectivity index (χ0n) is 12.0. The minimum atomic E-state index is -0.358. The van der Waals surface area contributed by atoms with E-state index in [0.29, 0.717) is 5.56 Å². The predicted molar refractivity (Wildman–Crippen MR) is 75.3 cm³/mol. The molecule has 0 bridgehead atoms. The Morgan fingerprint density at radius 3 is 2.47 bits per heavy atom. The molecule has 2 N–H and O–H groups in total. The molecule has 0 fully saturated rings. The highest BCUT2D eigenvalue weighted by molar-refractivity contribution is 5.81. The lowest BCUT2D eigenvalue weighted by Crippen LogP contribution is -2.46. The van der Waals surface area contributed by atoms with Crippen LogP contribution in [0.4, 0.5) is 4.39 Å². The molecule has 1 aromatic rings. The van der Waals surface area contributed by atoms with Gasteiger partial charge in [0.25, 0.3) is 0 Å². The van der Waals surface area contributed by atoms with Crippen molar-refractivity contribution in [3.05, 3.63) is 35.6 Å². The highest BCUT2D eigenvalue weighted by Crippen LogP contribution is 2.16. The van der Waals surface area contributed by atoms with Crippen LogP contribution in [-0.2, 0) is 4.79 Å². The van der Waals surface area contributed by atoms with Crippen LogP contribution in [0, 0.1) is 5.82 Å². The molecule has 2 unspecified atom stereocenters. The van der Waals surface area contributed by atoms with Crippen molar-refractivity contribution in [1.29, 1.82) is 0 Å². The largest absolute Gasteiger partial charge is 0.352 e. The van der Waals surface area contributed by atoms with E-state index in [2.05, 4.69) is 10.6 Å². The van der Waals surface area contributed by atoms with Gasteiger partial charge in [-0.3, -0.25) is 10.1 Å². The fourth-order valence-corrected chi connectivity index (χ4v) is 1.84. The lowest BCUT2D eigenvalue weighted by molar-refractivity contribution is -0.123. The van der Waals surface area contributed by atoms with Crippen molar-refractivity contribution in [2.24, 2.45) is 0 Å². The lowest BCUT2D eigenvalue weighted by atomic mass is 10.1. The highest BCUT2D eigenvalue weighted by Gasteiger charge is 2.18. The van der Waals surface area contributed by atoms with E-state index in [1.165, 1.54) is 6.07 Å². The summed E-state index contributed by atoms with van der Waals surface area (Å²) in [6.07, 6.45) is 0.890. The minimum Gasteiger partial charge on any atom is -0.352 e. The van der Waals surface area contributed by atoms with Crippen LogP contribution in [0.15, 0.2) is 24.3 Å². The zero-order chi connectivity index (χ0) is 14.4. The van der Waals surface area contributed by atoms with Crippen molar-refractivity contribution < 1.29 is 9.18 Å². The number of hydrogen-bond acceptors (Lipinski definition) is 2. The molecule has 0 saturated heterocycles. The van der Waals surface area contributed by atoms with E-state index in [0.717, 1.165) is 6.42 Å². The molecule has 0 aliphatic carbocycles. The van der Waals surface area contributed by atoms with Gasteiger partial charge in [0, 0.05) is 17.6 Å². The smallest absolute Gasteiger partial charge is 0.237 e. The average Bonchev–Trinajstić information content (AvgIpc) is 2.38. The zero-order valence-corrected chi connectivity index (χ0v) is 12.0. The number of carbonyl (C=O) groups excluding carboxylic acids is 1. The Labute approximate surface area is 114 Å². The van der Waals surface area contributed by atoms with Crippen LogP contribution >= 0.6 is 0 Å². The number of amides is 1. The van der Waals surface area contributed by atoms with Crippen LogP contribution in [0.5, 0.6) is 0 Å². The van der Waals surface area contributed by atoms with Crippen LogP contribution in [0.3, 0.4) is 0 Å². The van der Waals surface area contributed by atoms with Gasteiger partial charge in [0.2, 0.25) is 5.91 Å². The Balaban J connectivity index is 2.59. The van der Waals surface area contributed by atoms with E-state index < -0.39 is 0 Å². The van der Waals surface area contributed by atoms with Crippen molar-refractivity contribution in [3.8, 4) is 0 Å². The normalized spacial score (nSPS) is 15.6. The van der Waals surface area contributed by atoms with Crippen LogP contribution < -0.4 is 10.6 Å². The summed E-state index contributed by atoms with van der Waals surface area (Å²) in [5, 5.41) is 6.02. The molecular weight excluding hydrogens is 243 g/mol. The van der Waals surface area contributed by atoms with E-state index >= 15 is 0 Å². The molecule has 1 rings (SSSR count). The molecule has 0 spiro atoms. The number of hydrogen-bond donors (Lipinski definition) is 2. The number of benzene rings is 1. The summed E-state index contributed by atoms with van der Waals surface area (Å²) in [7, 11) is 0. The highest BCUT2D eigenvalue weighted by atomic mass is 19.1. The van der Waals surface area contributed by atoms with Gasteiger partial charge in [-0.25, -0.2) is 4.39 Å². The Morgan fingerprint density at radius 2 is 1.89 bits per heavy atom. The van der Waals surface area contributed by atoms with E-state index in [4.69, 9.17) is 0 Å². The second-order valence-electron chi connectivity index (χ2n) is 4.95. The van der Waals surface area contributed by atoms with Gasteiger partial charge in [-0.15, -0.1) is 0 Å². The Kier molecular flexibility index (Phi) is 5.96. The summed E-state index contributed by atoms with van der Waals surface area (Å²) in [4.78, 5) is 11.9. The van der Waals surface area contributed by atoms with Crippen molar-refractivity contribution in [1.82, 2.24) is 10.6 Å². The Hall–Kier alpha value is -1.42. The first-order valence-corrected chi connectivity index (χ1v) is 6.76. The molecule has 3 nitrogen and oxygen atoms in total. The van der Waals surface area contributed by atoms with E-state index in [1.54, 1.807) is 25.1 Å². The molecule has 0 saturated carbocycles. The van der Waals surface area contributed by atoms with Gasteiger partial charge in [0.05, 0.1) is 6.04 Å². The van der Waals surface area contributed by atoms with Gasteiger partial charge < -0.3 is 5.32 Å². The molecule has 19 heavy (non-hydrogen) atoms. The summed E-state index contributed by atoms with van der Waals surface area (Å²) >= 11 is 0. The second-order valence-corrected chi connectivity index (χ2v) is 4.95. The van der Waals surface area contributed by atoms with Gasteiger partial charge in [0.15, 0.2) is 0 Å². The predicted octanol–water partition coefficient (Wildman–Crippen LogP) is 2.78. The molecule has 106 valence electrons. The first-order valence-electron chi connectivity index (χ1n) is 6.76. The van der Waals surface area contributed by atoms with Crippen LogP contribution in [0.1, 0.15) is 45.7 Å². The Morgan fingerprint density at radius 1 is 1.26 bits per heavy atom. The molecule has 3 atom stereocenters. The van der Waals surface area contributed by atoms with Gasteiger partial charge >= 0.3 is 0 Å². The summed E-state index contributed by atoms with van der Waals surface area (Å²) < 4.78 is 13.6. The molecule has 0 heterocycles. The van der Waals surface area contributed by atoms with Crippen LogP contribution in [-0.4, -0.2) is 18.0 Å². The van der Waals surface area contributed by atoms with E-state index in [9.17, 15) is 9.18 Å². The minimum absolute atomic E-state index is 0.0578. The number of rotatable bonds is 6. The SMILES string of the molecule is CCC(C)NC(=O)C(C)N[C@H](C)c1ccccc1F. The molecular formula is C15H23FN2O. The molecule has 1 aromatic carbocycles. The fraction of sp³-hybridized carbons (Fsp3) is 0.533. The molecule has 0 aliphatic rings. The summed E-state index contributed by atoms with van der Waals surface area (Å²) in [5.74, 6) is -0.311. The molecule has 0 aliphatic heterocycles. The van der Waals surface area contributed by atoms with Gasteiger partial charge in [-0.05, 0) is 33.3 Å². The van der Waals surface area contributed by atoms with Gasteiger partial charge in [0.1, 0.15) is 5.82 Å². The molecule has 0 radical (unpaired) electrons. The van der Waals surface area contributed by atoms with E-state index in [1.807, 2.05) is 20.8 Å². The monoisotopic (exact) mass is 266 g/mol. The van der Waals surface area contributed by atoms with Crippen molar-refractivity contribution >= 4 is 5.91 Å². The lowest BCUT2D eigenvalue weighted by Gasteiger charge is -2.22. The summed E-state index contributed by atoms with van der Waals surface area (Å²) in [6, 6.07) is 6.19. The fourth-order valence-electron chi connectivity index (χ4n) is 1.84. The number of nitrogens with one attached hydrogen (secondary N) is 2. The van der Waals surface area contributed by atoms with Crippen LogP contribution in [0.2, 0.25) is 0 Å². The maximum atomic E-state index is 13.6. The van der Waals surface area contributed by atoms with Gasteiger partial charge in [-0.1, -0.05) is 25.1 Å². The van der Waals surface area contributed by atoms with Crippen molar-refractivity contribution in [2.45, 2.75) is 52.2 Å². The second kappa shape index (κ2) is 7.24. The van der Waals surface area contributed by atoms with Crippen molar-refractivity contribution in [2.75, 3.05) is 0 Å². The summed E-state index contributed by atoms with van der Waals surface area (Å²) in [6.45, 7) is 7.62. The maximum Gasteiger partial charge on any atom is 0.237 e. The van der Waals surface area contributed by atoms with Gasteiger partial charge in [-0.2, -0.15) is 0 Å². The third kappa shape index (κ3) is 4.63. The number of carbonyl (C=O) groups is 1. The topological polar surface area (TPSA) is 41.1 Å². The van der Waals surface area contributed by atoms with E-state index in [-0.39, 0.29) is 29.8 Å². The summed E-state index contributed by atoms with van der Waals surface area (Å²) in [5.41, 5.74) is 0.575. The average molecular weight is 266 g/mol. The number of halogens is 1. The molecule has 0 aromatic heterocycles. The van der Waals surface area contributed by atoms with Crippen molar-refractivity contribution in [3.63, 3.8) is 0 Å². The van der Waals surface area contributed by atoms with Crippen LogP contribution in [0.25, 0.3) is 0 Å². The molecule has 1 amide bonds. The third-order valence-electron chi connectivity index (χ3n) is 3.27. The first-order chi connectivity index (χ1) is 8.95. The molecule has 4 heteroatoms. The standard InChI is InChI=1S/C15H23FN2O/c1-5-10(2)17-15(19)12(4)18-11(3)13-8-6-7-9-14(13)16/h6-12,18H,5H2,1-4H3,(H,17,19)/t10?,11-,12?/m1/s1. The first kappa shape index (κ1) is 15.6. The maximum absolute atomic E-state index is 13.6.